The monoisotopic (exact) mass is 375 g/mol. The summed E-state index contributed by atoms with van der Waals surface area (Å²) >= 11 is 0. The topological polar surface area (TPSA) is 85.1 Å². The molecule has 0 radical (unpaired) electrons. The van der Waals surface area contributed by atoms with E-state index in [1.165, 1.54) is 30.3 Å². The van der Waals surface area contributed by atoms with Crippen molar-refractivity contribution in [1.82, 2.24) is 14.9 Å². The molecule has 1 aromatic heterocycles. The van der Waals surface area contributed by atoms with E-state index in [0.29, 0.717) is 34.8 Å². The summed E-state index contributed by atoms with van der Waals surface area (Å²) in [5, 5.41) is 3.88. The summed E-state index contributed by atoms with van der Waals surface area (Å²) in [5.74, 6) is 0.461. The van der Waals surface area contributed by atoms with Gasteiger partial charge in [-0.2, -0.15) is 4.98 Å². The van der Waals surface area contributed by atoms with Crippen LogP contribution in [-0.4, -0.2) is 18.6 Å². The van der Waals surface area contributed by atoms with Crippen molar-refractivity contribution in [3.8, 4) is 11.4 Å². The van der Waals surface area contributed by atoms with Gasteiger partial charge in [-0.1, -0.05) is 36.3 Å². The number of rotatable bonds is 6. The van der Waals surface area contributed by atoms with E-state index in [-0.39, 0.29) is 17.3 Å². The first-order valence-electron chi connectivity index (χ1n) is 8.07. The zero-order valence-electron chi connectivity index (χ0n) is 14.4. The predicted molar refractivity (Wildman–Crippen MR) is 94.3 cm³/mol. The summed E-state index contributed by atoms with van der Waals surface area (Å²) in [6.07, 6.45) is 0.600. The van der Waals surface area contributed by atoms with Crippen molar-refractivity contribution in [3.05, 3.63) is 65.3 Å². The first kappa shape index (κ1) is 18.2. The highest BCUT2D eigenvalue weighted by Gasteiger charge is 2.19. The highest BCUT2D eigenvalue weighted by molar-refractivity contribution is 7.89. The molecule has 1 heterocycles. The lowest BCUT2D eigenvalue weighted by atomic mass is 10.1. The van der Waals surface area contributed by atoms with E-state index in [9.17, 15) is 12.8 Å². The smallest absolute Gasteiger partial charge is 0.241 e. The number of nitrogens with one attached hydrogen (secondary N) is 1. The lowest BCUT2D eigenvalue weighted by Crippen LogP contribution is -2.24. The van der Waals surface area contributed by atoms with Crippen molar-refractivity contribution in [2.45, 2.75) is 31.7 Å². The second-order valence-corrected chi connectivity index (χ2v) is 7.53. The third kappa shape index (κ3) is 3.97. The lowest BCUT2D eigenvalue weighted by Gasteiger charge is -2.10. The number of nitrogens with zero attached hydrogens (tertiary/aromatic N) is 2. The second kappa shape index (κ2) is 7.35. The average molecular weight is 375 g/mol. The van der Waals surface area contributed by atoms with Gasteiger partial charge in [-0.25, -0.2) is 17.5 Å². The Hall–Kier alpha value is -2.58. The molecule has 0 bridgehead atoms. The summed E-state index contributed by atoms with van der Waals surface area (Å²) < 4.78 is 45.9. The Balaban J connectivity index is 1.86. The molecule has 0 atom stereocenters. The Labute approximate surface area is 151 Å². The maximum atomic E-state index is 13.0. The van der Waals surface area contributed by atoms with Gasteiger partial charge in [-0.05, 0) is 36.2 Å². The van der Waals surface area contributed by atoms with Crippen LogP contribution in [0, 0.1) is 12.7 Å². The van der Waals surface area contributed by atoms with Gasteiger partial charge in [0.05, 0.1) is 4.90 Å². The summed E-state index contributed by atoms with van der Waals surface area (Å²) in [6, 6.07) is 10.6. The number of aromatic nitrogens is 2. The molecule has 2 aromatic carbocycles. The third-order valence-corrected chi connectivity index (χ3v) is 5.43. The van der Waals surface area contributed by atoms with Crippen LogP contribution in [0.2, 0.25) is 0 Å². The molecule has 0 spiro atoms. The van der Waals surface area contributed by atoms with Crippen molar-refractivity contribution >= 4 is 10.0 Å². The van der Waals surface area contributed by atoms with Crippen LogP contribution in [0.15, 0.2) is 51.9 Å². The zero-order valence-corrected chi connectivity index (χ0v) is 15.2. The van der Waals surface area contributed by atoms with Gasteiger partial charge in [-0.3, -0.25) is 0 Å². The molecule has 0 unspecified atom stereocenters. The zero-order chi connectivity index (χ0) is 18.7. The fourth-order valence-electron chi connectivity index (χ4n) is 2.40. The van der Waals surface area contributed by atoms with Crippen LogP contribution in [0.5, 0.6) is 0 Å². The molecule has 6 nitrogen and oxygen atoms in total. The minimum atomic E-state index is -3.76. The van der Waals surface area contributed by atoms with Crippen LogP contribution in [0.25, 0.3) is 11.4 Å². The van der Waals surface area contributed by atoms with Crippen molar-refractivity contribution < 1.29 is 17.3 Å². The van der Waals surface area contributed by atoms with Gasteiger partial charge in [0.15, 0.2) is 0 Å². The first-order valence-corrected chi connectivity index (χ1v) is 9.55. The SMILES string of the molecule is CCc1nc(-c2ccc(C)c(S(=O)(=O)NCc3ccc(F)cc3)c2)no1. The maximum Gasteiger partial charge on any atom is 0.241 e. The number of halogens is 1. The molecule has 0 saturated heterocycles. The van der Waals surface area contributed by atoms with Crippen LogP contribution in [0.4, 0.5) is 4.39 Å². The fraction of sp³-hybridized carbons (Fsp3) is 0.222. The second-order valence-electron chi connectivity index (χ2n) is 5.80. The Morgan fingerprint density at radius 2 is 1.88 bits per heavy atom. The van der Waals surface area contributed by atoms with Gasteiger partial charge < -0.3 is 4.52 Å². The highest BCUT2D eigenvalue weighted by Crippen LogP contribution is 2.23. The number of aryl methyl sites for hydroxylation is 2. The molecule has 3 aromatic rings. The van der Waals surface area contributed by atoms with Crippen LogP contribution in [0.1, 0.15) is 23.9 Å². The number of hydrogen-bond acceptors (Lipinski definition) is 5. The van der Waals surface area contributed by atoms with Gasteiger partial charge in [0, 0.05) is 18.5 Å². The fourth-order valence-corrected chi connectivity index (χ4v) is 3.69. The molecule has 136 valence electrons. The van der Waals surface area contributed by atoms with Crippen molar-refractivity contribution in [1.29, 1.82) is 0 Å². The van der Waals surface area contributed by atoms with Crippen LogP contribution < -0.4 is 4.72 Å². The summed E-state index contributed by atoms with van der Waals surface area (Å²) in [7, 11) is -3.76. The molecular weight excluding hydrogens is 357 g/mol. The quantitative estimate of drug-likeness (QED) is 0.715. The number of hydrogen-bond donors (Lipinski definition) is 1. The molecule has 3 rings (SSSR count). The van der Waals surface area contributed by atoms with Gasteiger partial charge >= 0.3 is 0 Å². The summed E-state index contributed by atoms with van der Waals surface area (Å²) in [5.41, 5.74) is 1.82. The summed E-state index contributed by atoms with van der Waals surface area (Å²) in [6.45, 7) is 3.67. The lowest BCUT2D eigenvalue weighted by molar-refractivity contribution is 0.383. The Bertz CT molecular complexity index is 1010. The molecule has 0 fully saturated rings. The van der Waals surface area contributed by atoms with E-state index in [0.717, 1.165) is 0 Å². The van der Waals surface area contributed by atoms with Crippen LogP contribution >= 0.6 is 0 Å². The van der Waals surface area contributed by atoms with E-state index < -0.39 is 10.0 Å². The Morgan fingerprint density at radius 3 is 2.54 bits per heavy atom. The molecular formula is C18H18FN3O3S. The molecule has 26 heavy (non-hydrogen) atoms. The van der Waals surface area contributed by atoms with Gasteiger partial charge in [-0.15, -0.1) is 0 Å². The van der Waals surface area contributed by atoms with Crippen molar-refractivity contribution in [2.75, 3.05) is 0 Å². The molecule has 0 aliphatic heterocycles. The molecule has 0 saturated carbocycles. The number of sulfonamides is 1. The van der Waals surface area contributed by atoms with E-state index in [1.54, 1.807) is 19.1 Å². The Kier molecular flexibility index (Phi) is 5.15. The predicted octanol–water partition coefficient (Wildman–Crippen LogP) is 3.23. The molecule has 8 heteroatoms. The highest BCUT2D eigenvalue weighted by atomic mass is 32.2. The van der Waals surface area contributed by atoms with Crippen molar-refractivity contribution in [2.24, 2.45) is 0 Å². The minimum absolute atomic E-state index is 0.0640. The van der Waals surface area contributed by atoms with Crippen LogP contribution in [0.3, 0.4) is 0 Å². The first-order chi connectivity index (χ1) is 12.4. The normalized spacial score (nSPS) is 11.7. The summed E-state index contributed by atoms with van der Waals surface area (Å²) in [4.78, 5) is 4.36. The maximum absolute atomic E-state index is 13.0. The molecule has 0 amide bonds. The minimum Gasteiger partial charge on any atom is -0.339 e. The van der Waals surface area contributed by atoms with Gasteiger partial charge in [0.2, 0.25) is 21.7 Å². The van der Waals surface area contributed by atoms with Crippen molar-refractivity contribution in [3.63, 3.8) is 0 Å². The van der Waals surface area contributed by atoms with Gasteiger partial charge in [0.25, 0.3) is 0 Å². The standard InChI is InChI=1S/C18H18FN3O3S/c1-3-17-21-18(22-25-17)14-7-4-12(2)16(10-14)26(23,24)20-11-13-5-8-15(19)9-6-13/h4-10,20H,3,11H2,1-2H3. The van der Waals surface area contributed by atoms with E-state index in [1.807, 2.05) is 6.92 Å². The average Bonchev–Trinajstić information content (AvgIpc) is 3.11. The molecule has 1 N–H and O–H groups in total. The van der Waals surface area contributed by atoms with E-state index in [4.69, 9.17) is 4.52 Å². The molecule has 0 aliphatic carbocycles. The van der Waals surface area contributed by atoms with Gasteiger partial charge in [0.1, 0.15) is 5.82 Å². The molecule has 0 aliphatic rings. The third-order valence-electron chi connectivity index (χ3n) is 3.89. The number of benzene rings is 2. The van der Waals surface area contributed by atoms with Crippen LogP contribution in [-0.2, 0) is 23.0 Å². The largest absolute Gasteiger partial charge is 0.339 e. The van der Waals surface area contributed by atoms with E-state index >= 15 is 0 Å². The van der Waals surface area contributed by atoms with E-state index in [2.05, 4.69) is 14.9 Å². The Morgan fingerprint density at radius 1 is 1.15 bits per heavy atom.